The van der Waals surface area contributed by atoms with Crippen LogP contribution in [0.25, 0.3) is 11.4 Å². The lowest BCUT2D eigenvalue weighted by molar-refractivity contribution is 0.624. The van der Waals surface area contributed by atoms with Crippen molar-refractivity contribution in [3.8, 4) is 11.4 Å². The molecule has 5 heteroatoms. The van der Waals surface area contributed by atoms with Crippen LogP contribution in [0.3, 0.4) is 0 Å². The van der Waals surface area contributed by atoms with Gasteiger partial charge >= 0.3 is 0 Å². The van der Waals surface area contributed by atoms with E-state index in [4.69, 9.17) is 11.6 Å². The van der Waals surface area contributed by atoms with E-state index in [0.29, 0.717) is 16.4 Å². The number of benzene rings is 1. The highest BCUT2D eigenvalue weighted by molar-refractivity contribution is 6.30. The first kappa shape index (κ1) is 11.1. The van der Waals surface area contributed by atoms with Crippen molar-refractivity contribution in [2.45, 2.75) is 19.9 Å². The largest absolute Gasteiger partial charge is 0.314 e. The molecule has 0 radical (unpaired) electrons. The molecule has 1 heterocycles. The van der Waals surface area contributed by atoms with E-state index in [9.17, 15) is 4.39 Å². The monoisotopic (exact) mass is 239 g/mol. The van der Waals surface area contributed by atoms with Gasteiger partial charge in [-0.1, -0.05) is 18.5 Å². The second-order valence-electron chi connectivity index (χ2n) is 3.47. The summed E-state index contributed by atoms with van der Waals surface area (Å²) in [6.07, 6.45) is 2.55. The maximum atomic E-state index is 13.7. The van der Waals surface area contributed by atoms with Gasteiger partial charge in [0, 0.05) is 11.6 Å². The SMILES string of the molecule is CCCn1cnnc1-c1ccc(Cl)cc1F. The van der Waals surface area contributed by atoms with E-state index in [1.165, 1.54) is 6.07 Å². The van der Waals surface area contributed by atoms with Crippen molar-refractivity contribution in [2.24, 2.45) is 0 Å². The minimum Gasteiger partial charge on any atom is -0.314 e. The van der Waals surface area contributed by atoms with Crippen molar-refractivity contribution in [1.82, 2.24) is 14.8 Å². The Kier molecular flexibility index (Phi) is 3.19. The number of halogens is 2. The van der Waals surface area contributed by atoms with Crippen LogP contribution in [0.1, 0.15) is 13.3 Å². The lowest BCUT2D eigenvalue weighted by atomic mass is 10.2. The summed E-state index contributed by atoms with van der Waals surface area (Å²) in [6.45, 7) is 2.81. The van der Waals surface area contributed by atoms with Crippen LogP contribution in [0.5, 0.6) is 0 Å². The van der Waals surface area contributed by atoms with Gasteiger partial charge < -0.3 is 4.57 Å². The number of aryl methyl sites for hydroxylation is 1. The molecule has 0 unspecified atom stereocenters. The third kappa shape index (κ3) is 2.07. The summed E-state index contributed by atoms with van der Waals surface area (Å²) >= 11 is 5.70. The van der Waals surface area contributed by atoms with Gasteiger partial charge in [-0.05, 0) is 24.6 Å². The van der Waals surface area contributed by atoms with Gasteiger partial charge in [-0.3, -0.25) is 0 Å². The van der Waals surface area contributed by atoms with E-state index < -0.39 is 0 Å². The highest BCUT2D eigenvalue weighted by Crippen LogP contribution is 2.23. The highest BCUT2D eigenvalue weighted by atomic mass is 35.5. The summed E-state index contributed by atoms with van der Waals surface area (Å²) < 4.78 is 15.5. The van der Waals surface area contributed by atoms with Crippen molar-refractivity contribution >= 4 is 11.6 Å². The Morgan fingerprint density at radius 1 is 1.44 bits per heavy atom. The highest BCUT2D eigenvalue weighted by Gasteiger charge is 2.11. The lowest BCUT2D eigenvalue weighted by Crippen LogP contribution is -1.99. The number of hydrogen-bond acceptors (Lipinski definition) is 2. The van der Waals surface area contributed by atoms with Crippen LogP contribution in [-0.4, -0.2) is 14.8 Å². The summed E-state index contributed by atoms with van der Waals surface area (Å²) in [4.78, 5) is 0. The lowest BCUT2D eigenvalue weighted by Gasteiger charge is -2.05. The summed E-state index contributed by atoms with van der Waals surface area (Å²) in [6, 6.07) is 4.54. The molecule has 0 amide bonds. The Bertz CT molecular complexity index is 496. The van der Waals surface area contributed by atoms with Gasteiger partial charge in [0.2, 0.25) is 0 Å². The molecule has 0 fully saturated rings. The summed E-state index contributed by atoms with van der Waals surface area (Å²) in [5.74, 6) is 0.161. The Hall–Kier alpha value is -1.42. The van der Waals surface area contributed by atoms with Crippen molar-refractivity contribution in [1.29, 1.82) is 0 Å². The average molecular weight is 240 g/mol. The molecule has 0 saturated heterocycles. The Morgan fingerprint density at radius 2 is 2.25 bits per heavy atom. The third-order valence-electron chi connectivity index (χ3n) is 2.25. The zero-order valence-corrected chi connectivity index (χ0v) is 9.58. The molecule has 0 spiro atoms. The maximum Gasteiger partial charge on any atom is 0.166 e. The predicted molar refractivity (Wildman–Crippen MR) is 60.7 cm³/mol. The molecule has 0 atom stereocenters. The molecule has 16 heavy (non-hydrogen) atoms. The van der Waals surface area contributed by atoms with Gasteiger partial charge in [0.15, 0.2) is 5.82 Å². The van der Waals surface area contributed by atoms with E-state index in [1.54, 1.807) is 18.5 Å². The van der Waals surface area contributed by atoms with E-state index in [2.05, 4.69) is 10.2 Å². The number of rotatable bonds is 3. The topological polar surface area (TPSA) is 30.7 Å². The minimum absolute atomic E-state index is 0.377. The van der Waals surface area contributed by atoms with Crippen molar-refractivity contribution in [3.05, 3.63) is 35.4 Å². The van der Waals surface area contributed by atoms with Crippen LogP contribution in [0.4, 0.5) is 4.39 Å². The van der Waals surface area contributed by atoms with E-state index in [-0.39, 0.29) is 5.82 Å². The van der Waals surface area contributed by atoms with E-state index in [0.717, 1.165) is 13.0 Å². The first-order chi connectivity index (χ1) is 7.72. The van der Waals surface area contributed by atoms with Crippen molar-refractivity contribution < 1.29 is 4.39 Å². The van der Waals surface area contributed by atoms with Gasteiger partial charge in [0.25, 0.3) is 0 Å². The van der Waals surface area contributed by atoms with Crippen LogP contribution >= 0.6 is 11.6 Å². The van der Waals surface area contributed by atoms with E-state index >= 15 is 0 Å². The predicted octanol–water partition coefficient (Wildman–Crippen LogP) is 3.15. The first-order valence-corrected chi connectivity index (χ1v) is 5.43. The molecule has 0 N–H and O–H groups in total. The minimum atomic E-state index is -0.377. The molecule has 2 aromatic rings. The summed E-state index contributed by atoms with van der Waals surface area (Å²) in [5.41, 5.74) is 0.426. The number of nitrogens with zero attached hydrogens (tertiary/aromatic N) is 3. The molecule has 1 aromatic heterocycles. The molecule has 2 rings (SSSR count). The van der Waals surface area contributed by atoms with Crippen LogP contribution < -0.4 is 0 Å². The second-order valence-corrected chi connectivity index (χ2v) is 3.91. The van der Waals surface area contributed by atoms with Crippen LogP contribution in [0, 0.1) is 5.82 Å². The molecule has 0 saturated carbocycles. The van der Waals surface area contributed by atoms with Crippen LogP contribution in [0.15, 0.2) is 24.5 Å². The van der Waals surface area contributed by atoms with Crippen molar-refractivity contribution in [2.75, 3.05) is 0 Å². The van der Waals surface area contributed by atoms with Crippen molar-refractivity contribution in [3.63, 3.8) is 0 Å². The number of hydrogen-bond donors (Lipinski definition) is 0. The van der Waals surface area contributed by atoms with E-state index in [1.807, 2.05) is 11.5 Å². The molecule has 0 aliphatic heterocycles. The molecule has 0 aliphatic rings. The molecule has 3 nitrogen and oxygen atoms in total. The third-order valence-corrected chi connectivity index (χ3v) is 2.49. The zero-order valence-electron chi connectivity index (χ0n) is 8.82. The fourth-order valence-corrected chi connectivity index (χ4v) is 1.70. The van der Waals surface area contributed by atoms with Crippen LogP contribution in [-0.2, 0) is 6.54 Å². The Balaban J connectivity index is 2.46. The zero-order chi connectivity index (χ0) is 11.5. The first-order valence-electron chi connectivity index (χ1n) is 5.05. The van der Waals surface area contributed by atoms with Crippen LogP contribution in [0.2, 0.25) is 5.02 Å². The molecule has 0 aliphatic carbocycles. The standard InChI is InChI=1S/C11H11ClFN3/c1-2-5-16-7-14-15-11(16)9-4-3-8(12)6-10(9)13/h3-4,6-7H,2,5H2,1H3. The molecule has 1 aromatic carbocycles. The van der Waals surface area contributed by atoms with Gasteiger partial charge in [-0.15, -0.1) is 10.2 Å². The van der Waals surface area contributed by atoms with Gasteiger partial charge in [-0.2, -0.15) is 0 Å². The average Bonchev–Trinajstić information content (AvgIpc) is 2.67. The van der Waals surface area contributed by atoms with Gasteiger partial charge in [0.05, 0.1) is 5.56 Å². The smallest absolute Gasteiger partial charge is 0.166 e. The molecule has 84 valence electrons. The fraction of sp³-hybridized carbons (Fsp3) is 0.273. The Morgan fingerprint density at radius 3 is 2.94 bits per heavy atom. The van der Waals surface area contributed by atoms with Gasteiger partial charge in [-0.25, -0.2) is 4.39 Å². The summed E-state index contributed by atoms with van der Waals surface area (Å²) in [7, 11) is 0. The molecule has 0 bridgehead atoms. The Labute approximate surface area is 97.9 Å². The maximum absolute atomic E-state index is 13.7. The second kappa shape index (κ2) is 4.61. The number of aromatic nitrogens is 3. The molecular weight excluding hydrogens is 229 g/mol. The summed E-state index contributed by atoms with van der Waals surface area (Å²) in [5, 5.41) is 8.10. The normalized spacial score (nSPS) is 10.7. The van der Waals surface area contributed by atoms with Gasteiger partial charge in [0.1, 0.15) is 12.1 Å². The fourth-order valence-electron chi connectivity index (χ4n) is 1.54. The molecular formula is C11H11ClFN3. The quantitative estimate of drug-likeness (QED) is 0.824.